The Morgan fingerprint density at radius 1 is 1.12 bits per heavy atom. The molecule has 0 radical (unpaired) electrons. The maximum absolute atomic E-state index is 14.0. The zero-order chi connectivity index (χ0) is 22.5. The van der Waals surface area contributed by atoms with E-state index in [1.807, 2.05) is 12.3 Å². The van der Waals surface area contributed by atoms with E-state index < -0.39 is 17.6 Å². The molecule has 0 aliphatic carbocycles. The lowest BCUT2D eigenvalue weighted by molar-refractivity contribution is -0.136. The van der Waals surface area contributed by atoms with Crippen molar-refractivity contribution in [3.05, 3.63) is 65.4 Å². The minimum absolute atomic E-state index is 0.222. The predicted octanol–water partition coefficient (Wildman–Crippen LogP) is 3.29. The zero-order valence-corrected chi connectivity index (χ0v) is 18.0. The molecule has 4 aromatic rings. The van der Waals surface area contributed by atoms with E-state index in [9.17, 15) is 14.0 Å². The van der Waals surface area contributed by atoms with Crippen molar-refractivity contribution in [2.24, 2.45) is 0 Å². The van der Waals surface area contributed by atoms with Crippen molar-refractivity contribution in [2.45, 2.75) is 13.3 Å². The fraction of sp³-hybridized carbons (Fsp3) is 0.182. The van der Waals surface area contributed by atoms with Crippen LogP contribution in [0.2, 0.25) is 0 Å². The number of nitrogens with one attached hydrogen (secondary N) is 2. The van der Waals surface area contributed by atoms with Crippen LogP contribution in [0, 0.1) is 5.82 Å². The minimum Gasteiger partial charge on any atom is -0.492 e. The first kappa shape index (κ1) is 21.4. The Kier molecular flexibility index (Phi) is 6.41. The molecule has 0 bridgehead atoms. The molecular weight excluding hydrogens is 433 g/mol. The molecule has 10 heteroatoms. The molecule has 0 aliphatic heterocycles. The first-order valence-corrected chi connectivity index (χ1v) is 10.8. The van der Waals surface area contributed by atoms with Crippen molar-refractivity contribution in [3.63, 3.8) is 0 Å². The first-order chi connectivity index (χ1) is 15.6. The van der Waals surface area contributed by atoms with Crippen molar-refractivity contribution in [1.29, 1.82) is 0 Å². The number of carbonyl (C=O) groups is 2. The van der Waals surface area contributed by atoms with Crippen LogP contribution in [0.5, 0.6) is 5.75 Å². The number of thiazole rings is 1. The molecule has 0 atom stereocenters. The van der Waals surface area contributed by atoms with Gasteiger partial charge in [-0.25, -0.2) is 8.91 Å². The second-order valence-corrected chi connectivity index (χ2v) is 7.56. The van der Waals surface area contributed by atoms with Gasteiger partial charge in [0.25, 0.3) is 0 Å². The van der Waals surface area contributed by atoms with Gasteiger partial charge in [-0.05, 0) is 31.2 Å². The topological polar surface area (TPSA) is 97.6 Å². The van der Waals surface area contributed by atoms with Gasteiger partial charge in [0, 0.05) is 18.3 Å². The van der Waals surface area contributed by atoms with Gasteiger partial charge in [-0.3, -0.25) is 9.59 Å². The molecule has 0 saturated heterocycles. The Morgan fingerprint density at radius 3 is 2.72 bits per heavy atom. The molecule has 0 saturated carbocycles. The van der Waals surface area contributed by atoms with Gasteiger partial charge in [0.05, 0.1) is 23.6 Å². The highest BCUT2D eigenvalue weighted by Crippen LogP contribution is 2.24. The number of hydrogen-bond donors (Lipinski definition) is 2. The van der Waals surface area contributed by atoms with E-state index in [4.69, 9.17) is 4.74 Å². The number of ether oxygens (including phenoxy) is 1. The summed E-state index contributed by atoms with van der Waals surface area (Å²) in [7, 11) is 0. The molecular formula is C22H20FN5O3S. The lowest BCUT2D eigenvalue weighted by atomic mass is 10.2. The van der Waals surface area contributed by atoms with Crippen LogP contribution in [0.3, 0.4) is 0 Å². The Labute approximate surface area is 187 Å². The van der Waals surface area contributed by atoms with E-state index in [1.165, 1.54) is 17.4 Å². The SMILES string of the molecule is CCOc1ccccc1NC(=O)C(=O)NCCc1csc2nc(-c3ccccc3F)nn12. The maximum Gasteiger partial charge on any atom is 0.313 e. The van der Waals surface area contributed by atoms with Gasteiger partial charge >= 0.3 is 11.8 Å². The molecule has 2 heterocycles. The molecule has 0 fully saturated rings. The average Bonchev–Trinajstić information content (AvgIpc) is 3.37. The van der Waals surface area contributed by atoms with Crippen LogP contribution < -0.4 is 15.4 Å². The molecule has 164 valence electrons. The number of para-hydroxylation sites is 2. The van der Waals surface area contributed by atoms with Crippen LogP contribution in [0.1, 0.15) is 12.6 Å². The van der Waals surface area contributed by atoms with Gasteiger partial charge in [0.15, 0.2) is 5.82 Å². The van der Waals surface area contributed by atoms with Gasteiger partial charge in [-0.1, -0.05) is 24.3 Å². The van der Waals surface area contributed by atoms with E-state index >= 15 is 0 Å². The highest BCUT2D eigenvalue weighted by atomic mass is 32.1. The molecule has 2 aromatic heterocycles. The number of hydrogen-bond acceptors (Lipinski definition) is 6. The number of benzene rings is 2. The molecule has 0 unspecified atom stereocenters. The van der Waals surface area contributed by atoms with Crippen LogP contribution in [0.15, 0.2) is 53.9 Å². The summed E-state index contributed by atoms with van der Waals surface area (Å²) in [6, 6.07) is 13.2. The number of carbonyl (C=O) groups excluding carboxylic acids is 2. The standard InChI is InChI=1S/C22H20FN5O3S/c1-2-31-18-10-6-5-9-17(18)25-21(30)20(29)24-12-11-14-13-32-22-26-19(27-28(14)22)15-7-3-4-8-16(15)23/h3-10,13H,2,11-12H2,1H3,(H,24,29)(H,25,30). The molecule has 8 nitrogen and oxygen atoms in total. The smallest absolute Gasteiger partial charge is 0.313 e. The van der Waals surface area contributed by atoms with Crippen LogP contribution in [0.25, 0.3) is 16.3 Å². The van der Waals surface area contributed by atoms with Crippen molar-refractivity contribution in [3.8, 4) is 17.1 Å². The second-order valence-electron chi connectivity index (χ2n) is 6.73. The Balaban J connectivity index is 1.37. The lowest BCUT2D eigenvalue weighted by Gasteiger charge is -2.11. The molecule has 2 N–H and O–H groups in total. The number of amides is 2. The molecule has 2 amide bonds. The van der Waals surface area contributed by atoms with Gasteiger partial charge < -0.3 is 15.4 Å². The maximum atomic E-state index is 14.0. The van der Waals surface area contributed by atoms with E-state index in [2.05, 4.69) is 20.7 Å². The van der Waals surface area contributed by atoms with Crippen molar-refractivity contribution >= 4 is 33.8 Å². The number of halogens is 1. The second kappa shape index (κ2) is 9.56. The Morgan fingerprint density at radius 2 is 1.91 bits per heavy atom. The predicted molar refractivity (Wildman–Crippen MR) is 119 cm³/mol. The van der Waals surface area contributed by atoms with E-state index in [0.29, 0.717) is 40.8 Å². The summed E-state index contributed by atoms with van der Waals surface area (Å²) < 4.78 is 21.1. The number of fused-ring (bicyclic) bond motifs is 1. The van der Waals surface area contributed by atoms with Gasteiger partial charge in [0.1, 0.15) is 11.6 Å². The molecule has 0 aliphatic rings. The minimum atomic E-state index is -0.782. The molecule has 4 rings (SSSR count). The van der Waals surface area contributed by atoms with E-state index in [-0.39, 0.29) is 6.54 Å². The lowest BCUT2D eigenvalue weighted by Crippen LogP contribution is -2.36. The average molecular weight is 453 g/mol. The van der Waals surface area contributed by atoms with Crippen molar-refractivity contribution in [1.82, 2.24) is 19.9 Å². The van der Waals surface area contributed by atoms with Crippen LogP contribution >= 0.6 is 11.3 Å². The number of aromatic nitrogens is 3. The first-order valence-electron chi connectivity index (χ1n) is 9.96. The van der Waals surface area contributed by atoms with Crippen LogP contribution in [-0.2, 0) is 16.0 Å². The summed E-state index contributed by atoms with van der Waals surface area (Å²) in [4.78, 5) is 29.4. The number of rotatable bonds is 7. The summed E-state index contributed by atoms with van der Waals surface area (Å²) in [6.45, 7) is 2.50. The highest BCUT2D eigenvalue weighted by molar-refractivity contribution is 7.15. The zero-order valence-electron chi connectivity index (χ0n) is 17.2. The van der Waals surface area contributed by atoms with Crippen molar-refractivity contribution < 1.29 is 18.7 Å². The normalized spacial score (nSPS) is 10.8. The Bertz CT molecular complexity index is 1270. The van der Waals surface area contributed by atoms with Crippen LogP contribution in [-0.4, -0.2) is 39.6 Å². The summed E-state index contributed by atoms with van der Waals surface area (Å²) in [5.74, 6) is -1.14. The number of anilines is 1. The van der Waals surface area contributed by atoms with E-state index in [1.54, 1.807) is 47.0 Å². The van der Waals surface area contributed by atoms with Gasteiger partial charge in [0.2, 0.25) is 4.96 Å². The monoisotopic (exact) mass is 453 g/mol. The highest BCUT2D eigenvalue weighted by Gasteiger charge is 2.17. The molecule has 2 aromatic carbocycles. The molecule has 0 spiro atoms. The van der Waals surface area contributed by atoms with Gasteiger partial charge in [-0.15, -0.1) is 16.4 Å². The van der Waals surface area contributed by atoms with Crippen molar-refractivity contribution in [2.75, 3.05) is 18.5 Å². The third kappa shape index (κ3) is 4.59. The fourth-order valence-electron chi connectivity index (χ4n) is 3.07. The summed E-state index contributed by atoms with van der Waals surface area (Å²) in [6.07, 6.45) is 0.425. The van der Waals surface area contributed by atoms with Gasteiger partial charge in [-0.2, -0.15) is 4.98 Å². The number of nitrogens with zero attached hydrogens (tertiary/aromatic N) is 3. The fourth-order valence-corrected chi connectivity index (χ4v) is 3.92. The largest absolute Gasteiger partial charge is 0.492 e. The summed E-state index contributed by atoms with van der Waals surface area (Å²) in [5, 5.41) is 11.4. The Hall–Kier alpha value is -3.79. The summed E-state index contributed by atoms with van der Waals surface area (Å²) in [5.41, 5.74) is 1.55. The molecule has 32 heavy (non-hydrogen) atoms. The third-order valence-corrected chi connectivity index (χ3v) is 5.44. The third-order valence-electron chi connectivity index (χ3n) is 4.57. The summed E-state index contributed by atoms with van der Waals surface area (Å²) >= 11 is 1.37. The van der Waals surface area contributed by atoms with E-state index in [0.717, 1.165) is 5.69 Å². The van der Waals surface area contributed by atoms with Crippen LogP contribution in [0.4, 0.5) is 10.1 Å². The quantitative estimate of drug-likeness (QED) is 0.419.